The molecule has 0 aromatic heterocycles. The highest BCUT2D eigenvalue weighted by molar-refractivity contribution is 7.89. The molecule has 0 atom stereocenters. The first-order valence-corrected chi connectivity index (χ1v) is 6.70. The molecule has 2 aromatic carbocycles. The molecule has 0 saturated heterocycles. The first kappa shape index (κ1) is 12.4. The number of rotatable bonds is 3. The van der Waals surface area contributed by atoms with Crippen LogP contribution in [0.4, 0.5) is 11.4 Å². The maximum absolute atomic E-state index is 11.0. The highest BCUT2D eigenvalue weighted by Gasteiger charge is 2.06. The lowest BCUT2D eigenvalue weighted by molar-refractivity contribution is 0.598. The van der Waals surface area contributed by atoms with Crippen LogP contribution in [0.1, 0.15) is 0 Å². The maximum atomic E-state index is 11.0. The van der Waals surface area contributed by atoms with Gasteiger partial charge in [-0.1, -0.05) is 18.2 Å². The van der Waals surface area contributed by atoms with Crippen molar-refractivity contribution in [2.45, 2.75) is 4.90 Å². The summed E-state index contributed by atoms with van der Waals surface area (Å²) in [5, 5.41) is 13.0. The van der Waals surface area contributed by atoms with Crippen LogP contribution in [0, 0.1) is 0 Å². The van der Waals surface area contributed by atoms with Gasteiger partial charge in [0.1, 0.15) is 0 Å². The van der Waals surface area contributed by atoms with Crippen LogP contribution in [0.5, 0.6) is 0 Å². The number of primary sulfonamides is 1. The minimum absolute atomic E-state index is 0.0566. The zero-order valence-corrected chi connectivity index (χ0v) is 10.2. The van der Waals surface area contributed by atoms with Crippen molar-refractivity contribution in [1.82, 2.24) is 0 Å². The van der Waals surface area contributed by atoms with Crippen LogP contribution in [0.25, 0.3) is 0 Å². The van der Waals surface area contributed by atoms with Crippen LogP contribution < -0.4 is 5.14 Å². The fraction of sp³-hybridized carbons (Fsp3) is 0. The van der Waals surface area contributed by atoms with E-state index >= 15 is 0 Å². The van der Waals surface area contributed by atoms with E-state index in [0.717, 1.165) is 5.69 Å². The van der Waals surface area contributed by atoms with Gasteiger partial charge in [0, 0.05) is 0 Å². The van der Waals surface area contributed by atoms with Crippen molar-refractivity contribution in [1.29, 1.82) is 0 Å². The standard InChI is InChI=1S/C12H11N3O2S/c13-18(16,17)12-8-6-11(7-9-12)15-14-10-4-2-1-3-5-10/h1-9H,(H2,13,16,17). The van der Waals surface area contributed by atoms with Gasteiger partial charge < -0.3 is 0 Å². The Morgan fingerprint density at radius 2 is 1.28 bits per heavy atom. The lowest BCUT2D eigenvalue weighted by atomic mass is 10.3. The predicted molar refractivity (Wildman–Crippen MR) is 68.4 cm³/mol. The van der Waals surface area contributed by atoms with Crippen LogP contribution >= 0.6 is 0 Å². The monoisotopic (exact) mass is 261 g/mol. The molecule has 5 nitrogen and oxygen atoms in total. The second-order valence-electron chi connectivity index (χ2n) is 3.57. The Bertz CT molecular complexity index is 649. The van der Waals surface area contributed by atoms with E-state index in [4.69, 9.17) is 5.14 Å². The molecule has 6 heteroatoms. The third kappa shape index (κ3) is 3.22. The van der Waals surface area contributed by atoms with E-state index in [0.29, 0.717) is 5.69 Å². The molecule has 2 rings (SSSR count). The number of benzene rings is 2. The molecule has 2 N–H and O–H groups in total. The third-order valence-corrected chi connectivity index (χ3v) is 3.13. The molecule has 0 aliphatic rings. The van der Waals surface area contributed by atoms with Crippen LogP contribution in [0.3, 0.4) is 0 Å². The number of nitrogens with zero attached hydrogens (tertiary/aromatic N) is 2. The number of hydrogen-bond acceptors (Lipinski definition) is 4. The highest BCUT2D eigenvalue weighted by atomic mass is 32.2. The Hall–Kier alpha value is -2.05. The van der Waals surface area contributed by atoms with E-state index in [9.17, 15) is 8.42 Å². The SMILES string of the molecule is NS(=O)(=O)c1ccc(N=Nc2ccccc2)cc1. The molecule has 0 aliphatic carbocycles. The summed E-state index contributed by atoms with van der Waals surface area (Å²) in [5.74, 6) is 0. The van der Waals surface area contributed by atoms with Crippen molar-refractivity contribution in [3.05, 3.63) is 54.6 Å². The molecule has 0 heterocycles. The van der Waals surface area contributed by atoms with Gasteiger partial charge in [-0.3, -0.25) is 0 Å². The molecule has 0 unspecified atom stereocenters. The van der Waals surface area contributed by atoms with Crippen molar-refractivity contribution in [3.63, 3.8) is 0 Å². The smallest absolute Gasteiger partial charge is 0.225 e. The zero-order chi connectivity index (χ0) is 13.0. The van der Waals surface area contributed by atoms with Gasteiger partial charge in [0.2, 0.25) is 10.0 Å². The summed E-state index contributed by atoms with van der Waals surface area (Å²) >= 11 is 0. The van der Waals surface area contributed by atoms with Crippen LogP contribution in [-0.4, -0.2) is 8.42 Å². The van der Waals surface area contributed by atoms with Gasteiger partial charge in [0.05, 0.1) is 16.3 Å². The Kier molecular flexibility index (Phi) is 3.50. The fourth-order valence-electron chi connectivity index (χ4n) is 1.31. The Morgan fingerprint density at radius 1 is 0.778 bits per heavy atom. The van der Waals surface area contributed by atoms with E-state index in [1.54, 1.807) is 12.1 Å². The van der Waals surface area contributed by atoms with Crippen LogP contribution in [-0.2, 0) is 10.0 Å². The normalized spacial score (nSPS) is 11.8. The Morgan fingerprint density at radius 3 is 1.78 bits per heavy atom. The lowest BCUT2D eigenvalue weighted by Gasteiger charge is -1.97. The molecule has 0 fully saturated rings. The van der Waals surface area contributed by atoms with Gasteiger partial charge in [-0.2, -0.15) is 10.2 Å². The minimum atomic E-state index is -3.66. The summed E-state index contributed by atoms with van der Waals surface area (Å²) < 4.78 is 22.1. The van der Waals surface area contributed by atoms with E-state index in [1.807, 2.05) is 30.3 Å². The molecule has 0 spiro atoms. The number of sulfonamides is 1. The maximum Gasteiger partial charge on any atom is 0.238 e. The third-order valence-electron chi connectivity index (χ3n) is 2.20. The lowest BCUT2D eigenvalue weighted by Crippen LogP contribution is -2.11. The van der Waals surface area contributed by atoms with Crippen LogP contribution in [0.15, 0.2) is 69.7 Å². The van der Waals surface area contributed by atoms with Crippen molar-refractivity contribution in [2.24, 2.45) is 15.4 Å². The highest BCUT2D eigenvalue weighted by Crippen LogP contribution is 2.19. The Balaban J connectivity index is 2.19. The molecule has 0 amide bonds. The molecule has 18 heavy (non-hydrogen) atoms. The van der Waals surface area contributed by atoms with Gasteiger partial charge in [-0.05, 0) is 36.4 Å². The van der Waals surface area contributed by atoms with Gasteiger partial charge >= 0.3 is 0 Å². The van der Waals surface area contributed by atoms with E-state index in [1.165, 1.54) is 12.1 Å². The molecular formula is C12H11N3O2S. The van der Waals surface area contributed by atoms with Crippen molar-refractivity contribution in [3.8, 4) is 0 Å². The Labute approximate surface area is 105 Å². The van der Waals surface area contributed by atoms with Crippen molar-refractivity contribution in [2.75, 3.05) is 0 Å². The van der Waals surface area contributed by atoms with Gasteiger partial charge in [0.15, 0.2) is 0 Å². The number of azo groups is 1. The predicted octanol–water partition coefficient (Wildman–Crippen LogP) is 2.75. The van der Waals surface area contributed by atoms with E-state index in [-0.39, 0.29) is 4.90 Å². The number of hydrogen-bond donors (Lipinski definition) is 1. The second kappa shape index (κ2) is 5.07. The molecule has 0 saturated carbocycles. The van der Waals surface area contributed by atoms with Gasteiger partial charge in [-0.15, -0.1) is 0 Å². The van der Waals surface area contributed by atoms with Gasteiger partial charge in [0.25, 0.3) is 0 Å². The fourth-order valence-corrected chi connectivity index (χ4v) is 1.83. The van der Waals surface area contributed by atoms with Crippen molar-refractivity contribution >= 4 is 21.4 Å². The largest absolute Gasteiger partial charge is 0.238 e. The first-order valence-electron chi connectivity index (χ1n) is 5.15. The summed E-state index contributed by atoms with van der Waals surface area (Å²) in [5.41, 5.74) is 1.29. The summed E-state index contributed by atoms with van der Waals surface area (Å²) in [7, 11) is -3.66. The molecule has 0 aliphatic heterocycles. The topological polar surface area (TPSA) is 84.9 Å². The van der Waals surface area contributed by atoms with Crippen LogP contribution in [0.2, 0.25) is 0 Å². The second-order valence-corrected chi connectivity index (χ2v) is 5.14. The van der Waals surface area contributed by atoms with E-state index in [2.05, 4.69) is 10.2 Å². The molecule has 2 aromatic rings. The summed E-state index contributed by atoms with van der Waals surface area (Å²) in [4.78, 5) is 0.0566. The molecule has 0 radical (unpaired) electrons. The summed E-state index contributed by atoms with van der Waals surface area (Å²) in [6.45, 7) is 0. The minimum Gasteiger partial charge on any atom is -0.225 e. The van der Waals surface area contributed by atoms with Gasteiger partial charge in [-0.25, -0.2) is 13.6 Å². The molecule has 92 valence electrons. The first-order chi connectivity index (χ1) is 8.55. The summed E-state index contributed by atoms with van der Waals surface area (Å²) in [6.07, 6.45) is 0. The summed E-state index contributed by atoms with van der Waals surface area (Å²) in [6, 6.07) is 15.1. The molecular weight excluding hydrogens is 250 g/mol. The molecule has 0 bridgehead atoms. The average Bonchev–Trinajstić information content (AvgIpc) is 2.37. The van der Waals surface area contributed by atoms with E-state index < -0.39 is 10.0 Å². The average molecular weight is 261 g/mol. The quantitative estimate of drug-likeness (QED) is 0.861. The number of nitrogens with two attached hydrogens (primary N) is 1. The van der Waals surface area contributed by atoms with Crippen molar-refractivity contribution < 1.29 is 8.42 Å². The zero-order valence-electron chi connectivity index (χ0n) is 9.39.